The van der Waals surface area contributed by atoms with Gasteiger partial charge in [-0.3, -0.25) is 0 Å². The number of nitrogens with one attached hydrogen (secondary N) is 1. The van der Waals surface area contributed by atoms with Gasteiger partial charge in [0.2, 0.25) is 0 Å². The second kappa shape index (κ2) is 8.80. The molecule has 2 heterocycles. The molecular formula is C16H27N5O4. The molecule has 0 aromatic carbocycles. The SMILES string of the molecule is CCOC(=O)[C@@H](C)NC(=O)N1CCC(Cc2nnc(CO)n2C)CC1. The van der Waals surface area contributed by atoms with Gasteiger partial charge in [-0.1, -0.05) is 0 Å². The number of hydrogen-bond donors (Lipinski definition) is 2. The summed E-state index contributed by atoms with van der Waals surface area (Å²) in [5.41, 5.74) is 0. The highest BCUT2D eigenvalue weighted by atomic mass is 16.5. The predicted octanol–water partition coefficient (Wildman–Crippen LogP) is 0.223. The number of aliphatic hydroxyl groups excluding tert-OH is 1. The minimum absolute atomic E-state index is 0.124. The van der Waals surface area contributed by atoms with Crippen molar-refractivity contribution in [1.29, 1.82) is 0 Å². The number of amides is 2. The molecular weight excluding hydrogens is 326 g/mol. The van der Waals surface area contributed by atoms with Gasteiger partial charge < -0.3 is 24.6 Å². The van der Waals surface area contributed by atoms with Crippen LogP contribution in [0.25, 0.3) is 0 Å². The number of carbonyl (C=O) groups is 2. The van der Waals surface area contributed by atoms with E-state index in [1.165, 1.54) is 0 Å². The molecule has 2 amide bonds. The number of likely N-dealkylation sites (tertiary alicyclic amines) is 1. The number of esters is 1. The molecule has 25 heavy (non-hydrogen) atoms. The van der Waals surface area contributed by atoms with E-state index < -0.39 is 12.0 Å². The lowest BCUT2D eigenvalue weighted by Crippen LogP contribution is -2.49. The number of rotatable bonds is 6. The molecule has 0 spiro atoms. The first-order chi connectivity index (χ1) is 12.0. The van der Waals surface area contributed by atoms with E-state index in [0.29, 0.717) is 31.4 Å². The minimum atomic E-state index is -0.652. The summed E-state index contributed by atoms with van der Waals surface area (Å²) < 4.78 is 6.71. The van der Waals surface area contributed by atoms with E-state index in [1.54, 1.807) is 18.7 Å². The number of ether oxygens (including phenoxy) is 1. The van der Waals surface area contributed by atoms with Gasteiger partial charge in [0.1, 0.15) is 18.5 Å². The van der Waals surface area contributed by atoms with Gasteiger partial charge in [0.25, 0.3) is 0 Å². The number of aromatic nitrogens is 3. The van der Waals surface area contributed by atoms with Gasteiger partial charge in [-0.25, -0.2) is 9.59 Å². The highest BCUT2D eigenvalue weighted by Gasteiger charge is 2.26. The lowest BCUT2D eigenvalue weighted by Gasteiger charge is -2.32. The Morgan fingerprint density at radius 1 is 1.32 bits per heavy atom. The Labute approximate surface area is 147 Å². The fourth-order valence-electron chi connectivity index (χ4n) is 2.92. The Morgan fingerprint density at radius 2 is 1.96 bits per heavy atom. The third-order valence-corrected chi connectivity index (χ3v) is 4.55. The van der Waals surface area contributed by atoms with Crippen molar-refractivity contribution in [2.24, 2.45) is 13.0 Å². The lowest BCUT2D eigenvalue weighted by molar-refractivity contribution is -0.144. The van der Waals surface area contributed by atoms with Gasteiger partial charge >= 0.3 is 12.0 Å². The summed E-state index contributed by atoms with van der Waals surface area (Å²) in [6.07, 6.45) is 2.50. The first-order valence-electron chi connectivity index (χ1n) is 8.66. The van der Waals surface area contributed by atoms with Crippen LogP contribution in [0.2, 0.25) is 0 Å². The van der Waals surface area contributed by atoms with Crippen molar-refractivity contribution in [2.75, 3.05) is 19.7 Å². The average Bonchev–Trinajstić information content (AvgIpc) is 2.95. The summed E-state index contributed by atoms with van der Waals surface area (Å²) in [5, 5.41) is 19.9. The van der Waals surface area contributed by atoms with E-state index in [9.17, 15) is 14.7 Å². The largest absolute Gasteiger partial charge is 0.464 e. The van der Waals surface area contributed by atoms with E-state index >= 15 is 0 Å². The molecule has 1 aromatic heterocycles. The van der Waals surface area contributed by atoms with Crippen molar-refractivity contribution in [3.05, 3.63) is 11.6 Å². The Morgan fingerprint density at radius 3 is 2.52 bits per heavy atom. The summed E-state index contributed by atoms with van der Waals surface area (Å²) in [5.74, 6) is 1.40. The Kier molecular flexibility index (Phi) is 6.74. The van der Waals surface area contributed by atoms with Gasteiger partial charge in [-0.2, -0.15) is 0 Å². The van der Waals surface area contributed by atoms with E-state index in [4.69, 9.17) is 4.74 Å². The molecule has 1 aromatic rings. The minimum Gasteiger partial charge on any atom is -0.464 e. The molecule has 0 bridgehead atoms. The molecule has 9 heteroatoms. The Bertz CT molecular complexity index is 595. The van der Waals surface area contributed by atoms with Gasteiger partial charge in [0, 0.05) is 26.6 Å². The van der Waals surface area contributed by atoms with Crippen molar-refractivity contribution in [1.82, 2.24) is 25.0 Å². The number of nitrogens with zero attached hydrogens (tertiary/aromatic N) is 4. The molecule has 0 saturated carbocycles. The lowest BCUT2D eigenvalue weighted by atomic mass is 9.93. The molecule has 1 aliphatic rings. The third kappa shape index (κ3) is 4.91. The number of aliphatic hydroxyl groups is 1. The van der Waals surface area contributed by atoms with Gasteiger partial charge in [0.05, 0.1) is 6.61 Å². The van der Waals surface area contributed by atoms with Crippen LogP contribution < -0.4 is 5.32 Å². The van der Waals surface area contributed by atoms with Crippen LogP contribution in [0.1, 0.15) is 38.3 Å². The summed E-state index contributed by atoms with van der Waals surface area (Å²) in [6.45, 7) is 4.80. The molecule has 0 radical (unpaired) electrons. The standard InChI is InChI=1S/C16H27N5O4/c1-4-25-15(23)11(2)17-16(24)21-7-5-12(6-8-21)9-13-18-19-14(10-22)20(13)3/h11-12,22H,4-10H2,1-3H3,(H,17,24)/t11-/m1/s1. The van der Waals surface area contributed by atoms with Crippen molar-refractivity contribution < 1.29 is 19.4 Å². The number of carbonyl (C=O) groups excluding carboxylic acids is 2. The van der Waals surface area contributed by atoms with Crippen molar-refractivity contribution >= 4 is 12.0 Å². The van der Waals surface area contributed by atoms with Crippen LogP contribution in [0.15, 0.2) is 0 Å². The first-order valence-corrected chi connectivity index (χ1v) is 8.66. The fraction of sp³-hybridized carbons (Fsp3) is 0.750. The summed E-state index contributed by atoms with van der Waals surface area (Å²) >= 11 is 0. The third-order valence-electron chi connectivity index (χ3n) is 4.55. The fourth-order valence-corrected chi connectivity index (χ4v) is 2.92. The van der Waals surface area contributed by atoms with Crippen LogP contribution in [0.4, 0.5) is 4.79 Å². The Balaban J connectivity index is 1.79. The second-order valence-corrected chi connectivity index (χ2v) is 6.31. The quantitative estimate of drug-likeness (QED) is 0.708. The average molecular weight is 353 g/mol. The summed E-state index contributed by atoms with van der Waals surface area (Å²) in [6, 6.07) is -0.888. The summed E-state index contributed by atoms with van der Waals surface area (Å²) in [7, 11) is 1.85. The van der Waals surface area contributed by atoms with Crippen LogP contribution in [0, 0.1) is 5.92 Å². The monoisotopic (exact) mass is 353 g/mol. The van der Waals surface area contributed by atoms with Crippen molar-refractivity contribution in [3.8, 4) is 0 Å². The zero-order valence-corrected chi connectivity index (χ0v) is 15.1. The van der Waals surface area contributed by atoms with Gasteiger partial charge in [-0.05, 0) is 32.6 Å². The van der Waals surface area contributed by atoms with Crippen LogP contribution in [-0.2, 0) is 29.6 Å². The van der Waals surface area contributed by atoms with E-state index in [0.717, 1.165) is 25.1 Å². The zero-order valence-electron chi connectivity index (χ0n) is 15.1. The molecule has 1 saturated heterocycles. The van der Waals surface area contributed by atoms with E-state index in [-0.39, 0.29) is 12.6 Å². The van der Waals surface area contributed by atoms with E-state index in [2.05, 4.69) is 15.5 Å². The number of urea groups is 1. The maximum Gasteiger partial charge on any atom is 0.328 e. The normalized spacial score (nSPS) is 16.6. The highest BCUT2D eigenvalue weighted by molar-refractivity contribution is 5.83. The topological polar surface area (TPSA) is 110 Å². The molecule has 2 rings (SSSR count). The maximum absolute atomic E-state index is 12.2. The number of hydrogen-bond acceptors (Lipinski definition) is 6. The van der Waals surface area contributed by atoms with Crippen LogP contribution in [-0.4, -0.2) is 62.5 Å². The molecule has 1 aliphatic heterocycles. The van der Waals surface area contributed by atoms with Crippen LogP contribution >= 0.6 is 0 Å². The highest BCUT2D eigenvalue weighted by Crippen LogP contribution is 2.21. The second-order valence-electron chi connectivity index (χ2n) is 6.31. The Hall–Kier alpha value is -2.16. The molecule has 2 N–H and O–H groups in total. The molecule has 1 atom stereocenters. The van der Waals surface area contributed by atoms with Crippen LogP contribution in [0.3, 0.4) is 0 Å². The molecule has 1 fully saturated rings. The molecule has 0 aliphatic carbocycles. The van der Waals surface area contributed by atoms with E-state index in [1.807, 2.05) is 11.6 Å². The molecule has 0 unspecified atom stereocenters. The predicted molar refractivity (Wildman–Crippen MR) is 89.6 cm³/mol. The smallest absolute Gasteiger partial charge is 0.328 e. The maximum atomic E-state index is 12.2. The number of piperidine rings is 1. The van der Waals surface area contributed by atoms with Crippen molar-refractivity contribution in [2.45, 2.75) is 45.8 Å². The van der Waals surface area contributed by atoms with Crippen molar-refractivity contribution in [3.63, 3.8) is 0 Å². The zero-order chi connectivity index (χ0) is 18.4. The molecule has 140 valence electrons. The van der Waals surface area contributed by atoms with Gasteiger partial charge in [0.15, 0.2) is 5.82 Å². The first kappa shape index (κ1) is 19.2. The van der Waals surface area contributed by atoms with Gasteiger partial charge in [-0.15, -0.1) is 10.2 Å². The summed E-state index contributed by atoms with van der Waals surface area (Å²) in [4.78, 5) is 25.5. The molecule has 9 nitrogen and oxygen atoms in total. The van der Waals surface area contributed by atoms with Crippen LogP contribution in [0.5, 0.6) is 0 Å².